The second kappa shape index (κ2) is 5.54. The van der Waals surface area contributed by atoms with Crippen molar-refractivity contribution in [2.75, 3.05) is 5.33 Å². The summed E-state index contributed by atoms with van der Waals surface area (Å²) in [6.07, 6.45) is 5.89. The molecular formula is C14H16BrNOS2. The van der Waals surface area contributed by atoms with Gasteiger partial charge in [0.05, 0.1) is 10.4 Å². The predicted octanol–water partition coefficient (Wildman–Crippen LogP) is 4.79. The van der Waals surface area contributed by atoms with E-state index in [0.29, 0.717) is 0 Å². The fourth-order valence-electron chi connectivity index (χ4n) is 2.70. The molecule has 1 N–H and O–H groups in total. The van der Waals surface area contributed by atoms with Crippen LogP contribution < -0.4 is 5.32 Å². The Morgan fingerprint density at radius 3 is 2.79 bits per heavy atom. The molecule has 102 valence electrons. The lowest BCUT2D eigenvalue weighted by Crippen LogP contribution is -2.51. The number of thiophene rings is 2. The highest BCUT2D eigenvalue weighted by Crippen LogP contribution is 2.33. The van der Waals surface area contributed by atoms with Crippen LogP contribution in [0.15, 0.2) is 17.5 Å². The normalized spacial score (nSPS) is 18.6. The quantitative estimate of drug-likeness (QED) is 0.786. The topological polar surface area (TPSA) is 29.1 Å². The molecule has 0 aromatic carbocycles. The van der Waals surface area contributed by atoms with Crippen LogP contribution in [0.3, 0.4) is 0 Å². The molecule has 19 heavy (non-hydrogen) atoms. The van der Waals surface area contributed by atoms with Crippen LogP contribution in [0.4, 0.5) is 0 Å². The SMILES string of the molecule is O=C(NC1(CBr)CCCCC1)c1cc2sccc2s1. The van der Waals surface area contributed by atoms with Gasteiger partial charge >= 0.3 is 0 Å². The molecule has 1 aliphatic rings. The van der Waals surface area contributed by atoms with Crippen molar-refractivity contribution < 1.29 is 4.79 Å². The van der Waals surface area contributed by atoms with E-state index >= 15 is 0 Å². The van der Waals surface area contributed by atoms with Gasteiger partial charge in [-0.1, -0.05) is 35.2 Å². The molecule has 2 aromatic heterocycles. The molecule has 0 spiro atoms. The lowest BCUT2D eigenvalue weighted by atomic mass is 9.83. The Balaban J connectivity index is 1.78. The molecular weight excluding hydrogens is 342 g/mol. The third-order valence-electron chi connectivity index (χ3n) is 3.81. The van der Waals surface area contributed by atoms with Crippen LogP contribution in [0, 0.1) is 0 Å². The van der Waals surface area contributed by atoms with Gasteiger partial charge in [0, 0.05) is 14.7 Å². The standard InChI is InChI=1S/C14H16BrNOS2/c15-9-14(5-2-1-3-6-14)16-13(17)12-8-11-10(19-12)4-7-18-11/h4,7-8H,1-3,5-6,9H2,(H,16,17). The number of rotatable bonds is 3. The Labute approximate surface area is 129 Å². The van der Waals surface area contributed by atoms with Gasteiger partial charge < -0.3 is 5.32 Å². The van der Waals surface area contributed by atoms with Gasteiger partial charge in [-0.3, -0.25) is 4.79 Å². The van der Waals surface area contributed by atoms with Crippen molar-refractivity contribution in [3.8, 4) is 0 Å². The maximum Gasteiger partial charge on any atom is 0.261 e. The second-order valence-corrected chi connectivity index (χ2v) is 7.78. The monoisotopic (exact) mass is 357 g/mol. The summed E-state index contributed by atoms with van der Waals surface area (Å²) in [5, 5.41) is 6.20. The Morgan fingerprint density at radius 2 is 2.11 bits per heavy atom. The molecule has 0 unspecified atom stereocenters. The number of carbonyl (C=O) groups excluding carboxylic acids is 1. The van der Waals surface area contributed by atoms with Crippen LogP contribution in [-0.4, -0.2) is 16.8 Å². The highest BCUT2D eigenvalue weighted by atomic mass is 79.9. The van der Waals surface area contributed by atoms with Crippen molar-refractivity contribution in [2.45, 2.75) is 37.6 Å². The number of nitrogens with one attached hydrogen (secondary N) is 1. The Kier molecular flexibility index (Phi) is 3.96. The smallest absolute Gasteiger partial charge is 0.261 e. The minimum Gasteiger partial charge on any atom is -0.345 e. The van der Waals surface area contributed by atoms with Crippen molar-refractivity contribution in [1.29, 1.82) is 0 Å². The first kappa shape index (κ1) is 13.6. The molecule has 0 bridgehead atoms. The Hall–Kier alpha value is -0.390. The maximum atomic E-state index is 12.4. The van der Waals surface area contributed by atoms with Crippen LogP contribution in [0.2, 0.25) is 0 Å². The number of hydrogen-bond donors (Lipinski definition) is 1. The first-order valence-corrected chi connectivity index (χ1v) is 9.40. The van der Waals surface area contributed by atoms with E-state index in [1.165, 1.54) is 28.7 Å². The molecule has 1 aliphatic carbocycles. The number of fused-ring (bicyclic) bond motifs is 1. The molecule has 0 radical (unpaired) electrons. The van der Waals surface area contributed by atoms with Gasteiger partial charge in [-0.05, 0) is 30.4 Å². The van der Waals surface area contributed by atoms with E-state index in [9.17, 15) is 4.79 Å². The lowest BCUT2D eigenvalue weighted by Gasteiger charge is -2.36. The van der Waals surface area contributed by atoms with Gasteiger partial charge in [0.25, 0.3) is 5.91 Å². The fourth-order valence-corrected chi connectivity index (χ4v) is 5.41. The van der Waals surface area contributed by atoms with E-state index in [-0.39, 0.29) is 11.4 Å². The first-order chi connectivity index (χ1) is 9.22. The van der Waals surface area contributed by atoms with Gasteiger partial charge in [0.15, 0.2) is 0 Å². The largest absolute Gasteiger partial charge is 0.345 e. The molecule has 3 rings (SSSR count). The highest BCUT2D eigenvalue weighted by molar-refractivity contribution is 9.09. The van der Waals surface area contributed by atoms with Gasteiger partial charge in [-0.25, -0.2) is 0 Å². The average molecular weight is 358 g/mol. The molecule has 2 nitrogen and oxygen atoms in total. The van der Waals surface area contributed by atoms with Crippen LogP contribution in [0.25, 0.3) is 9.40 Å². The van der Waals surface area contributed by atoms with Crippen molar-refractivity contribution >= 4 is 53.9 Å². The predicted molar refractivity (Wildman–Crippen MR) is 86.8 cm³/mol. The van der Waals surface area contributed by atoms with E-state index in [1.54, 1.807) is 22.7 Å². The number of alkyl halides is 1. The van der Waals surface area contributed by atoms with Crippen molar-refractivity contribution in [3.05, 3.63) is 22.4 Å². The Bertz CT molecular complexity index is 555. The zero-order chi connectivity index (χ0) is 13.3. The number of carbonyl (C=O) groups is 1. The molecule has 5 heteroatoms. The molecule has 2 aromatic rings. The number of hydrogen-bond acceptors (Lipinski definition) is 3. The van der Waals surface area contributed by atoms with E-state index in [0.717, 1.165) is 23.0 Å². The van der Waals surface area contributed by atoms with Gasteiger partial charge in [-0.15, -0.1) is 22.7 Å². The third-order valence-corrected chi connectivity index (χ3v) is 6.97. The second-order valence-electron chi connectivity index (χ2n) is 5.19. The Morgan fingerprint density at radius 1 is 1.32 bits per heavy atom. The summed E-state index contributed by atoms with van der Waals surface area (Å²) >= 11 is 6.88. The van der Waals surface area contributed by atoms with Crippen molar-refractivity contribution in [1.82, 2.24) is 5.32 Å². The first-order valence-electron chi connectivity index (χ1n) is 6.58. The third kappa shape index (κ3) is 2.73. The van der Waals surface area contributed by atoms with E-state index in [4.69, 9.17) is 0 Å². The van der Waals surface area contributed by atoms with Crippen molar-refractivity contribution in [2.24, 2.45) is 0 Å². The summed E-state index contributed by atoms with van der Waals surface area (Å²) in [6.45, 7) is 0. The molecule has 0 atom stereocenters. The van der Waals surface area contributed by atoms with E-state index < -0.39 is 0 Å². The molecule has 0 aliphatic heterocycles. The highest BCUT2D eigenvalue weighted by Gasteiger charge is 2.33. The summed E-state index contributed by atoms with van der Waals surface area (Å²) in [6, 6.07) is 4.10. The van der Waals surface area contributed by atoms with Gasteiger partial charge in [0.1, 0.15) is 0 Å². The maximum absolute atomic E-state index is 12.4. The van der Waals surface area contributed by atoms with E-state index in [1.807, 2.05) is 6.07 Å². The summed E-state index contributed by atoms with van der Waals surface area (Å²) in [5.74, 6) is 0.0924. The van der Waals surface area contributed by atoms with Crippen LogP contribution in [0.1, 0.15) is 41.8 Å². The summed E-state index contributed by atoms with van der Waals surface area (Å²) in [7, 11) is 0. The minimum absolute atomic E-state index is 0.0350. The van der Waals surface area contributed by atoms with Crippen LogP contribution in [-0.2, 0) is 0 Å². The van der Waals surface area contributed by atoms with Gasteiger partial charge in [-0.2, -0.15) is 0 Å². The molecule has 0 saturated heterocycles. The molecule has 1 amide bonds. The summed E-state index contributed by atoms with van der Waals surface area (Å²) < 4.78 is 2.43. The fraction of sp³-hybridized carbons (Fsp3) is 0.500. The van der Waals surface area contributed by atoms with Gasteiger partial charge in [0.2, 0.25) is 0 Å². The summed E-state index contributed by atoms with van der Waals surface area (Å²) in [5.41, 5.74) is -0.0350. The average Bonchev–Trinajstić information content (AvgIpc) is 3.00. The molecule has 1 saturated carbocycles. The van der Waals surface area contributed by atoms with E-state index in [2.05, 4.69) is 32.7 Å². The summed E-state index contributed by atoms with van der Waals surface area (Å²) in [4.78, 5) is 13.3. The van der Waals surface area contributed by atoms with Crippen molar-refractivity contribution in [3.63, 3.8) is 0 Å². The zero-order valence-corrected chi connectivity index (χ0v) is 13.8. The number of amides is 1. The molecule has 1 fully saturated rings. The zero-order valence-electron chi connectivity index (χ0n) is 10.6. The molecule has 2 heterocycles. The lowest BCUT2D eigenvalue weighted by molar-refractivity contribution is 0.0891. The van der Waals surface area contributed by atoms with Crippen LogP contribution in [0.5, 0.6) is 0 Å². The number of halogens is 1. The van der Waals surface area contributed by atoms with Crippen LogP contribution >= 0.6 is 38.6 Å². The minimum atomic E-state index is -0.0350.